The molecule has 0 amide bonds. The van der Waals surface area contributed by atoms with E-state index in [1.54, 1.807) is 13.0 Å². The quantitative estimate of drug-likeness (QED) is 0.808. The van der Waals surface area contributed by atoms with Gasteiger partial charge in [0.1, 0.15) is 5.82 Å². The number of nitrogens with one attached hydrogen (secondary N) is 1. The smallest absolute Gasteiger partial charge is 0.262 e. The SMILES string of the molecule is Cc1cc(S(=O)(=O)Nc2c(F)cccc2Br)cc(N)c1C. The van der Waals surface area contributed by atoms with Crippen molar-refractivity contribution in [3.63, 3.8) is 0 Å². The molecule has 3 N–H and O–H groups in total. The number of para-hydroxylation sites is 1. The van der Waals surface area contributed by atoms with Gasteiger partial charge in [0.2, 0.25) is 0 Å². The lowest BCUT2D eigenvalue weighted by Gasteiger charge is -2.13. The van der Waals surface area contributed by atoms with E-state index in [1.807, 2.05) is 6.92 Å². The number of nitrogen functional groups attached to an aromatic ring is 1. The van der Waals surface area contributed by atoms with Gasteiger partial charge >= 0.3 is 0 Å². The Hall–Kier alpha value is -1.60. The fourth-order valence-corrected chi connectivity index (χ4v) is 3.58. The minimum atomic E-state index is -3.92. The van der Waals surface area contributed by atoms with Crippen molar-refractivity contribution in [2.45, 2.75) is 18.7 Å². The van der Waals surface area contributed by atoms with Crippen LogP contribution in [0.3, 0.4) is 0 Å². The molecular formula is C14H14BrFN2O2S. The molecule has 0 bridgehead atoms. The van der Waals surface area contributed by atoms with Gasteiger partial charge in [0.05, 0.1) is 10.6 Å². The number of sulfonamides is 1. The van der Waals surface area contributed by atoms with E-state index in [0.29, 0.717) is 10.2 Å². The van der Waals surface area contributed by atoms with Crippen LogP contribution in [0.2, 0.25) is 0 Å². The van der Waals surface area contributed by atoms with Gasteiger partial charge in [-0.05, 0) is 65.2 Å². The third-order valence-corrected chi connectivity index (χ3v) is 5.18. The Labute approximate surface area is 131 Å². The van der Waals surface area contributed by atoms with Crippen LogP contribution < -0.4 is 10.5 Å². The van der Waals surface area contributed by atoms with E-state index < -0.39 is 15.8 Å². The van der Waals surface area contributed by atoms with Crippen molar-refractivity contribution < 1.29 is 12.8 Å². The largest absolute Gasteiger partial charge is 0.398 e. The Morgan fingerprint density at radius 2 is 1.90 bits per heavy atom. The minimum Gasteiger partial charge on any atom is -0.398 e. The number of hydrogen-bond donors (Lipinski definition) is 2. The van der Waals surface area contributed by atoms with Gasteiger partial charge in [-0.25, -0.2) is 12.8 Å². The summed E-state index contributed by atoms with van der Waals surface area (Å²) in [5.41, 5.74) is 7.62. The van der Waals surface area contributed by atoms with Crippen LogP contribution in [0.5, 0.6) is 0 Å². The number of halogens is 2. The van der Waals surface area contributed by atoms with Crippen molar-refractivity contribution in [1.29, 1.82) is 0 Å². The van der Waals surface area contributed by atoms with E-state index in [2.05, 4.69) is 20.7 Å². The number of benzene rings is 2. The van der Waals surface area contributed by atoms with E-state index in [-0.39, 0.29) is 10.6 Å². The number of rotatable bonds is 3. The fraction of sp³-hybridized carbons (Fsp3) is 0.143. The summed E-state index contributed by atoms with van der Waals surface area (Å²) in [6, 6.07) is 7.07. The molecular weight excluding hydrogens is 359 g/mol. The van der Waals surface area contributed by atoms with Crippen LogP contribution in [0.15, 0.2) is 39.7 Å². The lowest BCUT2D eigenvalue weighted by molar-refractivity contribution is 0.598. The molecule has 0 aliphatic carbocycles. The zero-order valence-corrected chi connectivity index (χ0v) is 13.8. The summed E-state index contributed by atoms with van der Waals surface area (Å²) in [7, 11) is -3.92. The van der Waals surface area contributed by atoms with Gasteiger partial charge in [0.15, 0.2) is 0 Å². The highest BCUT2D eigenvalue weighted by Crippen LogP contribution is 2.29. The summed E-state index contributed by atoms with van der Waals surface area (Å²) >= 11 is 3.12. The molecule has 0 atom stereocenters. The van der Waals surface area contributed by atoms with Crippen molar-refractivity contribution >= 4 is 37.3 Å². The number of anilines is 2. The minimum absolute atomic E-state index is 0.00162. The second-order valence-corrected chi connectivity index (χ2v) is 7.19. The molecule has 0 saturated heterocycles. The number of hydrogen-bond acceptors (Lipinski definition) is 3. The summed E-state index contributed by atoms with van der Waals surface area (Å²) in [5, 5.41) is 0. The van der Waals surface area contributed by atoms with E-state index in [9.17, 15) is 12.8 Å². The first-order valence-electron chi connectivity index (χ1n) is 6.06. The van der Waals surface area contributed by atoms with Crippen LogP contribution >= 0.6 is 15.9 Å². The molecule has 0 aliphatic rings. The normalized spacial score (nSPS) is 11.4. The molecule has 0 radical (unpaired) electrons. The van der Waals surface area contributed by atoms with Crippen molar-refractivity contribution in [1.82, 2.24) is 0 Å². The second-order valence-electron chi connectivity index (χ2n) is 4.66. The summed E-state index contributed by atoms with van der Waals surface area (Å²) in [6.45, 7) is 3.58. The zero-order chi connectivity index (χ0) is 15.8. The highest BCUT2D eigenvalue weighted by Gasteiger charge is 2.19. The third kappa shape index (κ3) is 3.19. The van der Waals surface area contributed by atoms with Crippen LogP contribution in [0, 0.1) is 19.7 Å². The topological polar surface area (TPSA) is 72.2 Å². The van der Waals surface area contributed by atoms with E-state index >= 15 is 0 Å². The predicted molar refractivity (Wildman–Crippen MR) is 85.2 cm³/mol. The van der Waals surface area contributed by atoms with Crippen LogP contribution in [-0.4, -0.2) is 8.42 Å². The maximum absolute atomic E-state index is 13.7. The highest BCUT2D eigenvalue weighted by molar-refractivity contribution is 9.10. The van der Waals surface area contributed by atoms with Crippen molar-refractivity contribution in [2.24, 2.45) is 0 Å². The lowest BCUT2D eigenvalue weighted by Crippen LogP contribution is -2.15. The predicted octanol–water partition coefficient (Wildman–Crippen LogP) is 3.59. The molecule has 2 aromatic carbocycles. The van der Waals surface area contributed by atoms with Crippen LogP contribution in [0.4, 0.5) is 15.8 Å². The molecule has 7 heteroatoms. The van der Waals surface area contributed by atoms with Crippen LogP contribution in [-0.2, 0) is 10.0 Å². The maximum atomic E-state index is 13.7. The average Bonchev–Trinajstić information content (AvgIpc) is 2.40. The molecule has 0 aromatic heterocycles. The van der Waals surface area contributed by atoms with E-state index in [4.69, 9.17) is 5.73 Å². The van der Waals surface area contributed by atoms with Gasteiger partial charge in [-0.2, -0.15) is 0 Å². The monoisotopic (exact) mass is 372 g/mol. The first-order chi connectivity index (χ1) is 9.72. The first kappa shape index (κ1) is 15.8. The van der Waals surface area contributed by atoms with Crippen LogP contribution in [0.25, 0.3) is 0 Å². The molecule has 0 aliphatic heterocycles. The molecule has 0 spiro atoms. The standard InChI is InChI=1S/C14H14BrFN2O2S/c1-8-6-10(7-13(17)9(8)2)21(19,20)18-14-11(15)4-3-5-12(14)16/h3-7,18H,17H2,1-2H3. The van der Waals surface area contributed by atoms with Gasteiger partial charge in [-0.3, -0.25) is 4.72 Å². The molecule has 0 saturated carbocycles. The van der Waals surface area contributed by atoms with Gasteiger partial charge < -0.3 is 5.73 Å². The molecule has 0 fully saturated rings. The summed E-state index contributed by atoms with van der Waals surface area (Å²) in [5.74, 6) is -0.662. The maximum Gasteiger partial charge on any atom is 0.262 e. The average molecular weight is 373 g/mol. The zero-order valence-electron chi connectivity index (χ0n) is 11.4. The Morgan fingerprint density at radius 3 is 2.48 bits per heavy atom. The molecule has 2 aromatic rings. The molecule has 2 rings (SSSR count). The Bertz CT molecular complexity index is 763. The number of nitrogens with two attached hydrogens (primary N) is 1. The van der Waals surface area contributed by atoms with Crippen LogP contribution in [0.1, 0.15) is 11.1 Å². The Morgan fingerprint density at radius 1 is 1.24 bits per heavy atom. The third-order valence-electron chi connectivity index (χ3n) is 3.19. The lowest BCUT2D eigenvalue weighted by atomic mass is 10.1. The van der Waals surface area contributed by atoms with Crippen molar-refractivity contribution in [3.05, 3.63) is 51.7 Å². The van der Waals surface area contributed by atoms with E-state index in [1.165, 1.54) is 24.3 Å². The Balaban J connectivity index is 2.49. The highest BCUT2D eigenvalue weighted by atomic mass is 79.9. The van der Waals surface area contributed by atoms with Gasteiger partial charge in [-0.1, -0.05) is 6.07 Å². The molecule has 21 heavy (non-hydrogen) atoms. The summed E-state index contributed by atoms with van der Waals surface area (Å²) < 4.78 is 41.0. The first-order valence-corrected chi connectivity index (χ1v) is 8.33. The molecule has 0 unspecified atom stereocenters. The Kier molecular flexibility index (Phi) is 4.25. The number of aryl methyl sites for hydroxylation is 1. The molecule has 4 nitrogen and oxygen atoms in total. The van der Waals surface area contributed by atoms with Gasteiger partial charge in [0.25, 0.3) is 10.0 Å². The van der Waals surface area contributed by atoms with Gasteiger partial charge in [-0.15, -0.1) is 0 Å². The second kappa shape index (κ2) is 5.65. The molecule has 112 valence electrons. The van der Waals surface area contributed by atoms with E-state index in [0.717, 1.165) is 11.1 Å². The van der Waals surface area contributed by atoms with Crippen molar-refractivity contribution in [2.75, 3.05) is 10.5 Å². The molecule has 0 heterocycles. The fourth-order valence-electron chi connectivity index (χ4n) is 1.80. The van der Waals surface area contributed by atoms with Gasteiger partial charge in [0, 0.05) is 10.2 Å². The summed E-state index contributed by atoms with van der Waals surface area (Å²) in [4.78, 5) is -0.00162. The summed E-state index contributed by atoms with van der Waals surface area (Å²) in [6.07, 6.45) is 0. The van der Waals surface area contributed by atoms with Crippen molar-refractivity contribution in [3.8, 4) is 0 Å².